The van der Waals surface area contributed by atoms with Gasteiger partial charge in [0.15, 0.2) is 0 Å². The third kappa shape index (κ3) is 9.26. The van der Waals surface area contributed by atoms with Crippen molar-refractivity contribution in [2.75, 3.05) is 50.6 Å². The Morgan fingerprint density at radius 3 is 2.33 bits per heavy atom. The summed E-state index contributed by atoms with van der Waals surface area (Å²) >= 11 is 0. The number of carbonyl (C=O) groups excluding carboxylic acids is 2. The number of sulfonamides is 1. The Labute approximate surface area is 286 Å². The van der Waals surface area contributed by atoms with Crippen LogP contribution < -0.4 is 9.62 Å². The lowest BCUT2D eigenvalue weighted by atomic mass is 10.0. The van der Waals surface area contributed by atoms with Crippen LogP contribution in [-0.2, 0) is 30.8 Å². The van der Waals surface area contributed by atoms with Crippen molar-refractivity contribution in [3.63, 3.8) is 0 Å². The van der Waals surface area contributed by atoms with Crippen molar-refractivity contribution < 1.29 is 41.0 Å². The molecule has 0 aliphatic heterocycles. The summed E-state index contributed by atoms with van der Waals surface area (Å²) in [4.78, 5) is 25.2. The zero-order valence-corrected chi connectivity index (χ0v) is 28.9. The second kappa shape index (κ2) is 16.4. The van der Waals surface area contributed by atoms with Crippen molar-refractivity contribution in [2.45, 2.75) is 51.6 Å². The van der Waals surface area contributed by atoms with Crippen LogP contribution in [0.5, 0.6) is 0 Å². The summed E-state index contributed by atoms with van der Waals surface area (Å²) in [5.74, 6) is -0.695. The van der Waals surface area contributed by atoms with Crippen LogP contribution in [0, 0.1) is 5.82 Å². The maximum atomic E-state index is 13.7. The lowest BCUT2D eigenvalue weighted by molar-refractivity contribution is 0.0435. The van der Waals surface area contributed by atoms with Gasteiger partial charge in [-0.2, -0.15) is 0 Å². The van der Waals surface area contributed by atoms with Gasteiger partial charge in [-0.1, -0.05) is 31.9 Å². The summed E-state index contributed by atoms with van der Waals surface area (Å²) in [7, 11) is -2.20. The Morgan fingerprint density at radius 1 is 0.959 bits per heavy atom. The molecule has 1 heterocycles. The third-order valence-corrected chi connectivity index (χ3v) is 9.51. The van der Waals surface area contributed by atoms with E-state index in [0.717, 1.165) is 49.5 Å². The van der Waals surface area contributed by atoms with Gasteiger partial charge in [0, 0.05) is 24.1 Å². The average Bonchev–Trinajstić information content (AvgIpc) is 3.87. The molecule has 1 saturated carbocycles. The van der Waals surface area contributed by atoms with Crippen LogP contribution in [0.25, 0.3) is 22.3 Å². The van der Waals surface area contributed by atoms with Gasteiger partial charge in [-0.15, -0.1) is 0 Å². The van der Waals surface area contributed by atoms with Gasteiger partial charge in [0.1, 0.15) is 17.2 Å². The fourth-order valence-electron chi connectivity index (χ4n) is 5.60. The molecule has 0 spiro atoms. The average molecular weight is 695 g/mol. The second-order valence-corrected chi connectivity index (χ2v) is 14.0. The van der Waals surface area contributed by atoms with Crippen LogP contribution >= 0.6 is 0 Å². The number of nitrogens with zero attached hydrogens (tertiary/aromatic N) is 1. The zero-order chi connectivity index (χ0) is 35.0. The molecule has 1 aromatic heterocycles. The van der Waals surface area contributed by atoms with Gasteiger partial charge in [-0.3, -0.25) is 9.10 Å². The smallest absolute Gasteiger partial charge is 0.338 e. The molecule has 1 aliphatic rings. The number of unbranched alkanes of at least 4 members (excludes halogenated alkanes) is 2. The van der Waals surface area contributed by atoms with E-state index in [1.165, 1.54) is 35.6 Å². The van der Waals surface area contributed by atoms with E-state index in [4.69, 9.17) is 18.6 Å². The Hall–Kier alpha value is -4.26. The minimum Gasteiger partial charge on any atom is -0.462 e. The van der Waals surface area contributed by atoms with E-state index >= 15 is 0 Å². The largest absolute Gasteiger partial charge is 0.462 e. The number of carbonyl (C=O) groups is 2. The SMILES string of the molecule is CCCCCOC(=O)c1ccc(COCCOCCN(c2cc3oc(-c4ccc(F)cc4)c(C(=O)NC)c3cc2C2CC2)S(C)(=O)=O)cc1. The number of amides is 1. The Balaban J connectivity index is 1.22. The monoisotopic (exact) mass is 694 g/mol. The summed E-state index contributed by atoms with van der Waals surface area (Å²) in [6, 6.07) is 16.3. The Morgan fingerprint density at radius 2 is 1.67 bits per heavy atom. The summed E-state index contributed by atoms with van der Waals surface area (Å²) in [6.45, 7) is 3.57. The van der Waals surface area contributed by atoms with Crippen molar-refractivity contribution in [2.24, 2.45) is 0 Å². The van der Waals surface area contributed by atoms with Crippen molar-refractivity contribution in [1.29, 1.82) is 0 Å². The molecule has 5 rings (SSSR count). The molecule has 4 aromatic rings. The van der Waals surface area contributed by atoms with Gasteiger partial charge in [0.25, 0.3) is 5.91 Å². The number of rotatable bonds is 18. The fraction of sp³-hybridized carbons (Fsp3) is 0.405. The fourth-order valence-corrected chi connectivity index (χ4v) is 6.52. The lowest BCUT2D eigenvalue weighted by Gasteiger charge is -2.25. The summed E-state index contributed by atoms with van der Waals surface area (Å²) < 4.78 is 64.1. The van der Waals surface area contributed by atoms with Gasteiger partial charge in [0.05, 0.1) is 62.6 Å². The minimum absolute atomic E-state index is 0.0634. The molecule has 0 saturated heterocycles. The molecule has 1 aliphatic carbocycles. The first kappa shape index (κ1) is 36.0. The number of furan rings is 1. The van der Waals surface area contributed by atoms with Crippen LogP contribution in [0.2, 0.25) is 0 Å². The molecule has 1 N–H and O–H groups in total. The Kier molecular flexibility index (Phi) is 12.1. The van der Waals surface area contributed by atoms with Crippen molar-refractivity contribution >= 4 is 38.6 Å². The van der Waals surface area contributed by atoms with E-state index in [1.807, 2.05) is 18.2 Å². The van der Waals surface area contributed by atoms with Gasteiger partial charge in [-0.25, -0.2) is 17.6 Å². The molecule has 10 nitrogen and oxygen atoms in total. The first-order valence-electron chi connectivity index (χ1n) is 16.6. The van der Waals surface area contributed by atoms with Gasteiger partial charge in [-0.05, 0) is 78.8 Å². The number of benzene rings is 3. The standard InChI is InChI=1S/C37H43FN2O8S/c1-4-5-6-18-47-37(42)28-9-7-25(8-10-28)24-46-21-20-45-19-17-40(49(3,43)44)32-23-33-31(22-30(32)26-11-12-26)34(36(41)39-2)35(48-33)27-13-15-29(38)16-14-27/h7-10,13-16,22-23,26H,4-6,11-12,17-21,24H2,1-3H3,(H,39,41). The Bertz CT molecular complexity index is 1850. The van der Waals surface area contributed by atoms with Crippen molar-refractivity contribution in [3.8, 4) is 11.3 Å². The number of hydrogen-bond acceptors (Lipinski definition) is 8. The molecule has 3 aromatic carbocycles. The van der Waals surface area contributed by atoms with Crippen LogP contribution in [-0.4, -0.2) is 66.6 Å². The molecule has 1 fully saturated rings. The highest BCUT2D eigenvalue weighted by molar-refractivity contribution is 7.92. The van der Waals surface area contributed by atoms with Crippen molar-refractivity contribution in [3.05, 3.63) is 88.7 Å². The molecule has 262 valence electrons. The van der Waals surface area contributed by atoms with E-state index in [1.54, 1.807) is 18.2 Å². The normalized spacial score (nSPS) is 13.1. The number of ether oxygens (including phenoxy) is 3. The van der Waals surface area contributed by atoms with E-state index < -0.39 is 15.8 Å². The molecule has 0 radical (unpaired) electrons. The van der Waals surface area contributed by atoms with Gasteiger partial charge < -0.3 is 23.9 Å². The molecular formula is C37H43FN2O8S. The summed E-state index contributed by atoms with van der Waals surface area (Å²) in [6.07, 6.45) is 5.88. The highest BCUT2D eigenvalue weighted by Gasteiger charge is 2.33. The number of esters is 1. The van der Waals surface area contributed by atoms with Crippen LogP contribution in [0.15, 0.2) is 65.1 Å². The molecule has 0 atom stereocenters. The summed E-state index contributed by atoms with van der Waals surface area (Å²) in [5, 5.41) is 3.22. The predicted molar refractivity (Wildman–Crippen MR) is 186 cm³/mol. The maximum absolute atomic E-state index is 13.7. The molecule has 0 bridgehead atoms. The number of fused-ring (bicyclic) bond motifs is 1. The van der Waals surface area contributed by atoms with Gasteiger partial charge in [0.2, 0.25) is 10.0 Å². The molecule has 49 heavy (non-hydrogen) atoms. The van der Waals surface area contributed by atoms with Crippen molar-refractivity contribution in [1.82, 2.24) is 5.32 Å². The minimum atomic E-state index is -3.72. The van der Waals surface area contributed by atoms with E-state index in [9.17, 15) is 22.4 Å². The molecule has 12 heteroatoms. The number of anilines is 1. The topological polar surface area (TPSA) is 124 Å². The highest BCUT2D eigenvalue weighted by atomic mass is 32.2. The second-order valence-electron chi connectivity index (χ2n) is 12.1. The van der Waals surface area contributed by atoms with Gasteiger partial charge >= 0.3 is 5.97 Å². The lowest BCUT2D eigenvalue weighted by Crippen LogP contribution is -2.34. The molecular weight excluding hydrogens is 651 g/mol. The van der Waals surface area contributed by atoms with Crippen LogP contribution in [0.1, 0.15) is 76.8 Å². The maximum Gasteiger partial charge on any atom is 0.338 e. The van der Waals surface area contributed by atoms with E-state index in [-0.39, 0.29) is 43.3 Å². The van der Waals surface area contributed by atoms with E-state index in [0.29, 0.717) is 53.2 Å². The molecule has 0 unspecified atom stereocenters. The number of halogens is 1. The predicted octanol–water partition coefficient (Wildman–Crippen LogP) is 6.82. The first-order valence-corrected chi connectivity index (χ1v) is 18.4. The first-order chi connectivity index (χ1) is 23.6. The zero-order valence-electron chi connectivity index (χ0n) is 28.1. The highest BCUT2D eigenvalue weighted by Crippen LogP contribution is 2.48. The third-order valence-electron chi connectivity index (χ3n) is 8.33. The van der Waals surface area contributed by atoms with E-state index in [2.05, 4.69) is 12.2 Å². The van der Waals surface area contributed by atoms with Crippen LogP contribution in [0.3, 0.4) is 0 Å². The number of nitrogens with one attached hydrogen (secondary N) is 1. The van der Waals surface area contributed by atoms with Crippen LogP contribution in [0.4, 0.5) is 10.1 Å². The summed E-state index contributed by atoms with van der Waals surface area (Å²) in [5.41, 5.74) is 3.86. The number of hydrogen-bond donors (Lipinski definition) is 1. The molecule has 1 amide bonds. The quantitative estimate of drug-likeness (QED) is 0.0889.